The number of aryl methyl sites for hydroxylation is 1. The molecule has 0 unspecified atom stereocenters. The molecule has 2 rings (SSSR count). The number of rotatable bonds is 4. The molecule has 7 heteroatoms. The van der Waals surface area contributed by atoms with Crippen molar-refractivity contribution in [1.29, 1.82) is 0 Å². The Hall–Kier alpha value is -2.21. The predicted molar refractivity (Wildman–Crippen MR) is 76.8 cm³/mol. The van der Waals surface area contributed by atoms with Crippen molar-refractivity contribution in [1.82, 2.24) is 15.1 Å². The van der Waals surface area contributed by atoms with Gasteiger partial charge in [0.15, 0.2) is 5.69 Å². The maximum atomic E-state index is 12.0. The number of nitrogens with one attached hydrogen (secondary N) is 1. The smallest absolute Gasteiger partial charge is 0.274 e. The van der Waals surface area contributed by atoms with Gasteiger partial charge in [0, 0.05) is 30.4 Å². The van der Waals surface area contributed by atoms with Gasteiger partial charge in [-0.3, -0.25) is 9.48 Å². The standard InChI is InChI=1S/C13H15ClN4O2/c1-18-7-10(15)12(17-18)13(19)16-6-8-9(14)4-3-5-11(8)20-2/h3-5,7H,6,15H2,1-2H3,(H,16,19). The number of carbonyl (C=O) groups is 1. The van der Waals surface area contributed by atoms with Gasteiger partial charge >= 0.3 is 0 Å². The zero-order valence-corrected chi connectivity index (χ0v) is 11.9. The third-order valence-corrected chi connectivity index (χ3v) is 3.15. The van der Waals surface area contributed by atoms with Gasteiger partial charge in [0.05, 0.1) is 12.8 Å². The van der Waals surface area contributed by atoms with Crippen molar-refractivity contribution < 1.29 is 9.53 Å². The molecule has 0 aliphatic heterocycles. The number of methoxy groups -OCH3 is 1. The first kappa shape index (κ1) is 14.2. The number of hydrogen-bond donors (Lipinski definition) is 2. The van der Waals surface area contributed by atoms with Crippen LogP contribution in [0.15, 0.2) is 24.4 Å². The summed E-state index contributed by atoms with van der Waals surface area (Å²) in [5.74, 6) is 0.261. The van der Waals surface area contributed by atoms with Gasteiger partial charge < -0.3 is 15.8 Å². The third-order valence-electron chi connectivity index (χ3n) is 2.79. The fourth-order valence-corrected chi connectivity index (χ4v) is 2.07. The van der Waals surface area contributed by atoms with E-state index in [9.17, 15) is 4.79 Å². The van der Waals surface area contributed by atoms with Crippen LogP contribution in [0.2, 0.25) is 5.02 Å². The van der Waals surface area contributed by atoms with E-state index in [-0.39, 0.29) is 18.1 Å². The van der Waals surface area contributed by atoms with Crippen LogP contribution in [0.25, 0.3) is 0 Å². The fraction of sp³-hybridized carbons (Fsp3) is 0.231. The maximum absolute atomic E-state index is 12.0. The number of ether oxygens (including phenoxy) is 1. The summed E-state index contributed by atoms with van der Waals surface area (Å²) in [4.78, 5) is 12.0. The van der Waals surface area contributed by atoms with Gasteiger partial charge in [-0.1, -0.05) is 17.7 Å². The molecule has 1 aromatic heterocycles. The molecule has 106 valence electrons. The van der Waals surface area contributed by atoms with E-state index in [1.54, 1.807) is 38.6 Å². The SMILES string of the molecule is COc1cccc(Cl)c1CNC(=O)c1nn(C)cc1N. The Labute approximate surface area is 121 Å². The molecule has 1 aromatic carbocycles. The first-order chi connectivity index (χ1) is 9.52. The molecular formula is C13H15ClN4O2. The highest BCUT2D eigenvalue weighted by molar-refractivity contribution is 6.31. The molecule has 1 amide bonds. The molecule has 0 fully saturated rings. The third kappa shape index (κ3) is 2.85. The number of carbonyl (C=O) groups excluding carboxylic acids is 1. The van der Waals surface area contributed by atoms with Crippen molar-refractivity contribution in [2.45, 2.75) is 6.54 Å². The van der Waals surface area contributed by atoms with Gasteiger partial charge in [0.2, 0.25) is 0 Å². The van der Waals surface area contributed by atoms with Crippen molar-refractivity contribution in [3.8, 4) is 5.75 Å². The minimum atomic E-state index is -0.356. The second-order valence-electron chi connectivity index (χ2n) is 4.21. The summed E-state index contributed by atoms with van der Waals surface area (Å²) < 4.78 is 6.70. The van der Waals surface area contributed by atoms with Gasteiger partial charge in [-0.2, -0.15) is 5.10 Å². The molecule has 0 aliphatic carbocycles. The molecule has 6 nitrogen and oxygen atoms in total. The second-order valence-corrected chi connectivity index (χ2v) is 4.62. The largest absolute Gasteiger partial charge is 0.496 e. The number of nitrogens with zero attached hydrogens (tertiary/aromatic N) is 2. The first-order valence-electron chi connectivity index (χ1n) is 5.91. The Balaban J connectivity index is 2.13. The van der Waals surface area contributed by atoms with E-state index in [0.29, 0.717) is 22.0 Å². The zero-order chi connectivity index (χ0) is 14.7. The lowest BCUT2D eigenvalue weighted by Crippen LogP contribution is -2.24. The second kappa shape index (κ2) is 5.83. The lowest BCUT2D eigenvalue weighted by Gasteiger charge is -2.11. The molecule has 1 heterocycles. The van der Waals surface area contributed by atoms with Gasteiger partial charge in [-0.15, -0.1) is 0 Å². The van der Waals surface area contributed by atoms with E-state index in [4.69, 9.17) is 22.1 Å². The lowest BCUT2D eigenvalue weighted by molar-refractivity contribution is 0.0946. The maximum Gasteiger partial charge on any atom is 0.274 e. The Morgan fingerprint density at radius 2 is 2.30 bits per heavy atom. The molecule has 0 atom stereocenters. The number of aromatic nitrogens is 2. The quantitative estimate of drug-likeness (QED) is 0.897. The lowest BCUT2D eigenvalue weighted by atomic mass is 10.2. The molecule has 20 heavy (non-hydrogen) atoms. The molecule has 3 N–H and O–H groups in total. The average Bonchev–Trinajstić information content (AvgIpc) is 2.75. The summed E-state index contributed by atoms with van der Waals surface area (Å²) in [5.41, 5.74) is 6.93. The number of anilines is 1. The van der Waals surface area contributed by atoms with Crippen molar-refractivity contribution in [2.75, 3.05) is 12.8 Å². The van der Waals surface area contributed by atoms with Crippen LogP contribution in [0.3, 0.4) is 0 Å². The van der Waals surface area contributed by atoms with Crippen LogP contribution in [-0.2, 0) is 13.6 Å². The summed E-state index contributed by atoms with van der Waals surface area (Å²) in [7, 11) is 3.25. The van der Waals surface area contributed by atoms with Gasteiger partial charge in [0.1, 0.15) is 5.75 Å². The Morgan fingerprint density at radius 1 is 1.55 bits per heavy atom. The van der Waals surface area contributed by atoms with E-state index in [0.717, 1.165) is 0 Å². The summed E-state index contributed by atoms with van der Waals surface area (Å²) in [6, 6.07) is 5.30. The molecule has 0 saturated carbocycles. The highest BCUT2D eigenvalue weighted by Gasteiger charge is 2.15. The van der Waals surface area contributed by atoms with Crippen molar-refractivity contribution >= 4 is 23.2 Å². The molecule has 0 aliphatic rings. The molecule has 0 radical (unpaired) electrons. The molecule has 2 aromatic rings. The summed E-state index contributed by atoms with van der Waals surface area (Å²) in [6.45, 7) is 0.234. The highest BCUT2D eigenvalue weighted by atomic mass is 35.5. The van der Waals surface area contributed by atoms with Crippen LogP contribution in [0.1, 0.15) is 16.1 Å². The molecular weight excluding hydrogens is 280 g/mol. The average molecular weight is 295 g/mol. The van der Waals surface area contributed by atoms with Crippen molar-refractivity contribution in [3.63, 3.8) is 0 Å². The minimum Gasteiger partial charge on any atom is -0.496 e. The van der Waals surface area contributed by atoms with Crippen LogP contribution in [0.5, 0.6) is 5.75 Å². The van der Waals surface area contributed by atoms with Crippen LogP contribution in [0.4, 0.5) is 5.69 Å². The van der Waals surface area contributed by atoms with E-state index in [1.165, 1.54) is 4.68 Å². The fourth-order valence-electron chi connectivity index (χ4n) is 1.84. The number of benzene rings is 1. The topological polar surface area (TPSA) is 82.2 Å². The number of hydrogen-bond acceptors (Lipinski definition) is 4. The van der Waals surface area contributed by atoms with Crippen LogP contribution >= 0.6 is 11.6 Å². The van der Waals surface area contributed by atoms with Crippen LogP contribution in [-0.4, -0.2) is 22.8 Å². The molecule has 0 saturated heterocycles. The summed E-state index contributed by atoms with van der Waals surface area (Å²) >= 11 is 6.10. The van der Waals surface area contributed by atoms with Gasteiger partial charge in [-0.05, 0) is 12.1 Å². The number of nitrogen functional groups attached to an aromatic ring is 1. The van der Waals surface area contributed by atoms with Crippen LogP contribution in [0, 0.1) is 0 Å². The van der Waals surface area contributed by atoms with E-state index in [1.807, 2.05) is 0 Å². The van der Waals surface area contributed by atoms with Gasteiger partial charge in [-0.25, -0.2) is 0 Å². The summed E-state index contributed by atoms with van der Waals surface area (Å²) in [6.07, 6.45) is 1.57. The highest BCUT2D eigenvalue weighted by Crippen LogP contribution is 2.26. The number of halogens is 1. The number of amides is 1. The monoisotopic (exact) mass is 294 g/mol. The Bertz CT molecular complexity index is 639. The van der Waals surface area contributed by atoms with Crippen LogP contribution < -0.4 is 15.8 Å². The molecule has 0 spiro atoms. The first-order valence-corrected chi connectivity index (χ1v) is 6.29. The van der Waals surface area contributed by atoms with Crippen molar-refractivity contribution in [2.24, 2.45) is 7.05 Å². The Kier molecular flexibility index (Phi) is 4.14. The van der Waals surface area contributed by atoms with Gasteiger partial charge in [0.25, 0.3) is 5.91 Å². The zero-order valence-electron chi connectivity index (χ0n) is 11.2. The minimum absolute atomic E-state index is 0.193. The van der Waals surface area contributed by atoms with E-state index in [2.05, 4.69) is 10.4 Å². The summed E-state index contributed by atoms with van der Waals surface area (Å²) in [5, 5.41) is 7.26. The number of nitrogens with two attached hydrogens (primary N) is 1. The predicted octanol–water partition coefficient (Wildman–Crippen LogP) is 1.59. The normalized spacial score (nSPS) is 10.3. The molecule has 0 bridgehead atoms. The van der Waals surface area contributed by atoms with E-state index < -0.39 is 0 Å². The van der Waals surface area contributed by atoms with Crippen molar-refractivity contribution in [3.05, 3.63) is 40.7 Å². The van der Waals surface area contributed by atoms with E-state index >= 15 is 0 Å². The Morgan fingerprint density at radius 3 is 2.90 bits per heavy atom.